The maximum Gasteiger partial charge on any atom is 0.0410 e. The molecule has 0 radical (unpaired) electrons. The summed E-state index contributed by atoms with van der Waals surface area (Å²) < 4.78 is 0. The number of fused-ring (bicyclic) bond motifs is 1. The van der Waals surface area contributed by atoms with Crippen LogP contribution in [0, 0.1) is 5.92 Å². The second kappa shape index (κ2) is 1.68. The number of rotatable bonds is 1. The van der Waals surface area contributed by atoms with Crippen LogP contribution in [0.4, 0.5) is 0 Å². The van der Waals surface area contributed by atoms with Crippen LogP contribution in [0.15, 0.2) is 0 Å². The van der Waals surface area contributed by atoms with Crippen LogP contribution in [-0.4, -0.2) is 23.6 Å². The molecule has 1 saturated heterocycles. The van der Waals surface area contributed by atoms with E-state index in [0.717, 1.165) is 12.5 Å². The van der Waals surface area contributed by atoms with Gasteiger partial charge in [-0.05, 0) is 18.8 Å². The highest BCUT2D eigenvalue weighted by molar-refractivity contribution is 5.05. The molecule has 9 heavy (non-hydrogen) atoms. The predicted octanol–water partition coefficient (Wildman–Crippen LogP) is -0.718. The molecule has 4 N–H and O–H groups in total. The van der Waals surface area contributed by atoms with Crippen molar-refractivity contribution in [1.29, 1.82) is 0 Å². The molecule has 0 aromatic carbocycles. The molecule has 3 heteroatoms. The standard InChI is InChI=1S/C6H13N3/c7-3-6-4-1-2-5(4)9(6)8/h4-6H,1-3,7-8H2. The average Bonchev–Trinajstić information content (AvgIpc) is 1.79. The molecule has 0 amide bonds. The summed E-state index contributed by atoms with van der Waals surface area (Å²) in [5.41, 5.74) is 5.49. The zero-order valence-corrected chi connectivity index (χ0v) is 5.46. The molecule has 2 aliphatic rings. The first kappa shape index (κ1) is 5.65. The Morgan fingerprint density at radius 1 is 1.44 bits per heavy atom. The summed E-state index contributed by atoms with van der Waals surface area (Å²) in [7, 11) is 0. The molecule has 52 valence electrons. The van der Waals surface area contributed by atoms with Crippen LogP contribution in [0.3, 0.4) is 0 Å². The fourth-order valence-corrected chi connectivity index (χ4v) is 1.99. The van der Waals surface area contributed by atoms with Crippen molar-refractivity contribution < 1.29 is 0 Å². The molecule has 1 heterocycles. The molecule has 2 fully saturated rings. The van der Waals surface area contributed by atoms with Crippen LogP contribution < -0.4 is 11.6 Å². The summed E-state index contributed by atoms with van der Waals surface area (Å²) in [5.74, 6) is 6.52. The maximum atomic E-state index is 5.67. The summed E-state index contributed by atoms with van der Waals surface area (Å²) >= 11 is 0. The quantitative estimate of drug-likeness (QED) is 0.457. The average molecular weight is 127 g/mol. The lowest BCUT2D eigenvalue weighted by Crippen LogP contribution is -2.73. The number of nitrogens with zero attached hydrogens (tertiary/aromatic N) is 1. The summed E-state index contributed by atoms with van der Waals surface area (Å²) in [5, 5.41) is 1.92. The Kier molecular flexibility index (Phi) is 1.06. The van der Waals surface area contributed by atoms with E-state index >= 15 is 0 Å². The van der Waals surface area contributed by atoms with Gasteiger partial charge in [0, 0.05) is 18.6 Å². The molecule has 1 aliphatic carbocycles. The molecule has 0 aromatic rings. The number of nitrogens with two attached hydrogens (primary N) is 2. The minimum atomic E-state index is 0.503. The van der Waals surface area contributed by atoms with E-state index in [-0.39, 0.29) is 0 Å². The van der Waals surface area contributed by atoms with E-state index in [4.69, 9.17) is 11.6 Å². The summed E-state index contributed by atoms with van der Waals surface area (Å²) in [6, 6.07) is 1.20. The van der Waals surface area contributed by atoms with Gasteiger partial charge in [0.1, 0.15) is 0 Å². The van der Waals surface area contributed by atoms with Crippen molar-refractivity contribution in [2.24, 2.45) is 17.5 Å². The fraction of sp³-hybridized carbons (Fsp3) is 1.00. The van der Waals surface area contributed by atoms with Gasteiger partial charge in [0.25, 0.3) is 0 Å². The van der Waals surface area contributed by atoms with Crippen molar-refractivity contribution in [3.05, 3.63) is 0 Å². The van der Waals surface area contributed by atoms with Crippen molar-refractivity contribution in [1.82, 2.24) is 5.01 Å². The lowest BCUT2D eigenvalue weighted by atomic mass is 9.67. The molecule has 1 aliphatic heterocycles. The first-order chi connectivity index (χ1) is 4.34. The van der Waals surface area contributed by atoms with Crippen LogP contribution in [0.1, 0.15) is 12.8 Å². The Labute approximate surface area is 55.0 Å². The van der Waals surface area contributed by atoms with Gasteiger partial charge in [-0.1, -0.05) is 0 Å². The molecular formula is C6H13N3. The molecular weight excluding hydrogens is 114 g/mol. The molecule has 0 bridgehead atoms. The van der Waals surface area contributed by atoms with Crippen LogP contribution in [-0.2, 0) is 0 Å². The van der Waals surface area contributed by atoms with Crippen LogP contribution in [0.2, 0.25) is 0 Å². The third-order valence-electron chi connectivity index (χ3n) is 2.79. The maximum absolute atomic E-state index is 5.67. The van der Waals surface area contributed by atoms with E-state index in [1.54, 1.807) is 0 Å². The minimum absolute atomic E-state index is 0.503. The van der Waals surface area contributed by atoms with Gasteiger partial charge in [-0.2, -0.15) is 0 Å². The minimum Gasteiger partial charge on any atom is -0.329 e. The van der Waals surface area contributed by atoms with E-state index in [9.17, 15) is 0 Å². The molecule has 0 aromatic heterocycles. The Hall–Kier alpha value is -0.120. The van der Waals surface area contributed by atoms with Crippen LogP contribution in [0.25, 0.3) is 0 Å². The lowest BCUT2D eigenvalue weighted by molar-refractivity contribution is -0.118. The Morgan fingerprint density at radius 2 is 2.22 bits per heavy atom. The van der Waals surface area contributed by atoms with Gasteiger partial charge < -0.3 is 5.73 Å². The number of piperidine rings is 1. The van der Waals surface area contributed by atoms with Crippen molar-refractivity contribution in [2.45, 2.75) is 24.9 Å². The van der Waals surface area contributed by atoms with Gasteiger partial charge in [0.15, 0.2) is 0 Å². The highest BCUT2D eigenvalue weighted by Crippen LogP contribution is 2.44. The van der Waals surface area contributed by atoms with Gasteiger partial charge in [-0.25, -0.2) is 5.01 Å². The zero-order valence-electron chi connectivity index (χ0n) is 5.46. The van der Waals surface area contributed by atoms with Crippen molar-refractivity contribution >= 4 is 0 Å². The second-order valence-corrected chi connectivity index (χ2v) is 3.06. The van der Waals surface area contributed by atoms with Crippen LogP contribution in [0.5, 0.6) is 0 Å². The SMILES string of the molecule is NCC1C2CCC2N1N. The number of hydrogen-bond donors (Lipinski definition) is 2. The zero-order chi connectivity index (χ0) is 6.43. The van der Waals surface area contributed by atoms with Crippen LogP contribution >= 0.6 is 0 Å². The Bertz CT molecular complexity index is 119. The molecule has 1 saturated carbocycles. The molecule has 3 unspecified atom stereocenters. The third-order valence-corrected chi connectivity index (χ3v) is 2.79. The second-order valence-electron chi connectivity index (χ2n) is 3.06. The first-order valence-corrected chi connectivity index (χ1v) is 3.57. The summed E-state index contributed by atoms with van der Waals surface area (Å²) in [6.45, 7) is 0.734. The first-order valence-electron chi connectivity index (χ1n) is 3.57. The van der Waals surface area contributed by atoms with Gasteiger partial charge in [0.05, 0.1) is 0 Å². The molecule has 3 atom stereocenters. The van der Waals surface area contributed by atoms with Crippen molar-refractivity contribution in [2.75, 3.05) is 6.54 Å². The molecule has 3 nitrogen and oxygen atoms in total. The molecule has 2 rings (SSSR count). The Balaban J connectivity index is 1.97. The van der Waals surface area contributed by atoms with Gasteiger partial charge in [-0.15, -0.1) is 0 Å². The number of hydrazine groups is 1. The van der Waals surface area contributed by atoms with Gasteiger partial charge in [-0.3, -0.25) is 5.84 Å². The highest BCUT2D eigenvalue weighted by atomic mass is 15.5. The lowest BCUT2D eigenvalue weighted by Gasteiger charge is -2.59. The number of hydrogen-bond acceptors (Lipinski definition) is 3. The van der Waals surface area contributed by atoms with Crippen molar-refractivity contribution in [3.8, 4) is 0 Å². The fourth-order valence-electron chi connectivity index (χ4n) is 1.99. The Morgan fingerprint density at radius 3 is 2.44 bits per heavy atom. The normalized spacial score (nSPS) is 49.3. The van der Waals surface area contributed by atoms with Gasteiger partial charge >= 0.3 is 0 Å². The summed E-state index contributed by atoms with van der Waals surface area (Å²) in [6.07, 6.45) is 2.64. The summed E-state index contributed by atoms with van der Waals surface area (Å²) in [4.78, 5) is 0. The highest BCUT2D eigenvalue weighted by Gasteiger charge is 2.51. The molecule has 0 spiro atoms. The van der Waals surface area contributed by atoms with E-state index in [1.165, 1.54) is 12.8 Å². The monoisotopic (exact) mass is 127 g/mol. The predicted molar refractivity (Wildman–Crippen MR) is 35.4 cm³/mol. The largest absolute Gasteiger partial charge is 0.329 e. The van der Waals surface area contributed by atoms with E-state index in [0.29, 0.717) is 12.1 Å². The smallest absolute Gasteiger partial charge is 0.0410 e. The van der Waals surface area contributed by atoms with E-state index in [1.807, 2.05) is 5.01 Å². The van der Waals surface area contributed by atoms with Crippen molar-refractivity contribution in [3.63, 3.8) is 0 Å². The van der Waals surface area contributed by atoms with E-state index in [2.05, 4.69) is 0 Å². The third kappa shape index (κ3) is 0.520. The topological polar surface area (TPSA) is 55.3 Å². The van der Waals surface area contributed by atoms with Gasteiger partial charge in [0.2, 0.25) is 0 Å². The van der Waals surface area contributed by atoms with E-state index < -0.39 is 0 Å².